The largest absolute Gasteiger partial charge is 0.490 e. The molecule has 1 saturated carbocycles. The van der Waals surface area contributed by atoms with Gasteiger partial charge in [-0.3, -0.25) is 10.1 Å². The molecule has 0 aromatic heterocycles. The Morgan fingerprint density at radius 1 is 1.29 bits per heavy atom. The van der Waals surface area contributed by atoms with Crippen LogP contribution in [0.3, 0.4) is 0 Å². The van der Waals surface area contributed by atoms with Gasteiger partial charge in [0, 0.05) is 12.6 Å². The van der Waals surface area contributed by atoms with Crippen LogP contribution < -0.4 is 15.4 Å². The molecular formula is C24H34FN3O3. The first-order chi connectivity index (χ1) is 14.8. The lowest BCUT2D eigenvalue weighted by atomic mass is 10.0. The lowest BCUT2D eigenvalue weighted by Gasteiger charge is -2.26. The van der Waals surface area contributed by atoms with E-state index in [0.29, 0.717) is 24.8 Å². The SMILES string of the molecule is C[C@@H](NCCCC/C=C/CN1C(=O)NC(=O)C1(C)C)c1ccc(F)c(OCC2CC2)c1. The summed E-state index contributed by atoms with van der Waals surface area (Å²) in [5.41, 5.74) is 0.220. The summed E-state index contributed by atoms with van der Waals surface area (Å²) in [6, 6.07) is 4.88. The molecule has 0 radical (unpaired) electrons. The van der Waals surface area contributed by atoms with Gasteiger partial charge in [0.1, 0.15) is 5.54 Å². The summed E-state index contributed by atoms with van der Waals surface area (Å²) in [5.74, 6) is 0.380. The molecule has 6 nitrogen and oxygen atoms in total. The number of amides is 3. The number of benzene rings is 1. The molecule has 1 atom stereocenters. The highest BCUT2D eigenvalue weighted by Crippen LogP contribution is 2.31. The second-order valence-electron chi connectivity index (χ2n) is 9.02. The van der Waals surface area contributed by atoms with Crippen molar-refractivity contribution in [1.29, 1.82) is 0 Å². The maximum Gasteiger partial charge on any atom is 0.325 e. The third-order valence-corrected chi connectivity index (χ3v) is 6.03. The first kappa shape index (κ1) is 23.3. The van der Waals surface area contributed by atoms with Crippen LogP contribution in [0, 0.1) is 11.7 Å². The van der Waals surface area contributed by atoms with Crippen LogP contribution in [0.1, 0.15) is 64.5 Å². The van der Waals surface area contributed by atoms with Crippen LogP contribution in [0.4, 0.5) is 9.18 Å². The zero-order valence-electron chi connectivity index (χ0n) is 18.7. The molecule has 0 bridgehead atoms. The Kier molecular flexibility index (Phi) is 7.70. The van der Waals surface area contributed by atoms with E-state index < -0.39 is 5.54 Å². The maximum atomic E-state index is 13.9. The van der Waals surface area contributed by atoms with Crippen LogP contribution in [-0.2, 0) is 4.79 Å². The van der Waals surface area contributed by atoms with Crippen molar-refractivity contribution >= 4 is 11.9 Å². The number of rotatable bonds is 12. The molecule has 7 heteroatoms. The minimum Gasteiger partial charge on any atom is -0.490 e. The van der Waals surface area contributed by atoms with E-state index in [-0.39, 0.29) is 23.8 Å². The summed E-state index contributed by atoms with van der Waals surface area (Å²) < 4.78 is 19.6. The molecule has 1 aliphatic carbocycles. The van der Waals surface area contributed by atoms with E-state index in [9.17, 15) is 14.0 Å². The second-order valence-corrected chi connectivity index (χ2v) is 9.02. The molecule has 0 unspecified atom stereocenters. The number of ether oxygens (including phenoxy) is 1. The highest BCUT2D eigenvalue weighted by molar-refractivity contribution is 6.06. The van der Waals surface area contributed by atoms with Gasteiger partial charge in [0.15, 0.2) is 11.6 Å². The quantitative estimate of drug-likeness (QED) is 0.294. The molecule has 170 valence electrons. The van der Waals surface area contributed by atoms with E-state index in [2.05, 4.69) is 23.6 Å². The fourth-order valence-electron chi connectivity index (χ4n) is 3.52. The minimum absolute atomic E-state index is 0.118. The normalized spacial score (nSPS) is 19.2. The van der Waals surface area contributed by atoms with Crippen LogP contribution >= 0.6 is 0 Å². The van der Waals surface area contributed by atoms with Crippen LogP contribution in [-0.4, -0.2) is 42.1 Å². The van der Waals surface area contributed by atoms with Gasteiger partial charge in [-0.25, -0.2) is 9.18 Å². The molecule has 1 aliphatic heterocycles. The molecule has 2 fully saturated rings. The van der Waals surface area contributed by atoms with Gasteiger partial charge in [0.25, 0.3) is 5.91 Å². The first-order valence-corrected chi connectivity index (χ1v) is 11.2. The van der Waals surface area contributed by atoms with Crippen molar-refractivity contribution in [3.8, 4) is 5.75 Å². The van der Waals surface area contributed by atoms with Gasteiger partial charge in [-0.2, -0.15) is 0 Å². The maximum absolute atomic E-state index is 13.9. The average molecular weight is 432 g/mol. The molecule has 1 aromatic carbocycles. The van der Waals surface area contributed by atoms with E-state index in [0.717, 1.165) is 31.4 Å². The number of carbonyl (C=O) groups excluding carboxylic acids is 2. The molecule has 3 amide bonds. The molecule has 1 saturated heterocycles. The first-order valence-electron chi connectivity index (χ1n) is 11.2. The minimum atomic E-state index is -0.801. The molecule has 2 N–H and O–H groups in total. The summed E-state index contributed by atoms with van der Waals surface area (Å²) in [6.45, 7) is 7.46. The predicted octanol–water partition coefficient (Wildman–Crippen LogP) is 4.32. The Bertz CT molecular complexity index is 820. The topological polar surface area (TPSA) is 70.7 Å². The monoisotopic (exact) mass is 431 g/mol. The van der Waals surface area contributed by atoms with Crippen molar-refractivity contribution in [2.24, 2.45) is 5.92 Å². The third-order valence-electron chi connectivity index (χ3n) is 6.03. The molecule has 1 heterocycles. The van der Waals surface area contributed by atoms with E-state index in [4.69, 9.17) is 4.74 Å². The number of unbranched alkanes of at least 4 members (excludes halogenated alkanes) is 2. The highest BCUT2D eigenvalue weighted by Gasteiger charge is 2.44. The van der Waals surface area contributed by atoms with Crippen molar-refractivity contribution < 1.29 is 18.7 Å². The smallest absolute Gasteiger partial charge is 0.325 e. The van der Waals surface area contributed by atoms with Crippen molar-refractivity contribution in [3.05, 3.63) is 41.7 Å². The second kappa shape index (κ2) is 10.3. The number of hydrogen-bond acceptors (Lipinski definition) is 4. The Labute approximate surface area is 184 Å². The van der Waals surface area contributed by atoms with Gasteiger partial charge in [0.2, 0.25) is 0 Å². The van der Waals surface area contributed by atoms with Crippen LogP contribution in [0.5, 0.6) is 5.75 Å². The lowest BCUT2D eigenvalue weighted by Crippen LogP contribution is -2.44. The summed E-state index contributed by atoms with van der Waals surface area (Å²) in [4.78, 5) is 25.1. The van der Waals surface area contributed by atoms with E-state index in [1.807, 2.05) is 6.08 Å². The number of nitrogens with one attached hydrogen (secondary N) is 2. The Morgan fingerprint density at radius 2 is 2.06 bits per heavy atom. The summed E-state index contributed by atoms with van der Waals surface area (Å²) in [6.07, 6.45) is 9.30. The van der Waals surface area contributed by atoms with Crippen molar-refractivity contribution in [1.82, 2.24) is 15.5 Å². The Morgan fingerprint density at radius 3 is 2.74 bits per heavy atom. The Hall–Kier alpha value is -2.41. The van der Waals surface area contributed by atoms with Crippen LogP contribution in [0.25, 0.3) is 0 Å². The van der Waals surface area contributed by atoms with E-state index in [1.165, 1.54) is 18.9 Å². The zero-order chi connectivity index (χ0) is 22.4. The summed E-state index contributed by atoms with van der Waals surface area (Å²) in [7, 11) is 0. The van der Waals surface area contributed by atoms with E-state index in [1.54, 1.807) is 30.9 Å². The number of nitrogens with zero attached hydrogens (tertiary/aromatic N) is 1. The fraction of sp³-hybridized carbons (Fsp3) is 0.583. The fourth-order valence-corrected chi connectivity index (χ4v) is 3.52. The van der Waals surface area contributed by atoms with Gasteiger partial charge >= 0.3 is 6.03 Å². The number of imide groups is 1. The lowest BCUT2D eigenvalue weighted by molar-refractivity contribution is -0.124. The van der Waals surface area contributed by atoms with Gasteiger partial charge in [0.05, 0.1) is 6.61 Å². The molecule has 3 rings (SSSR count). The van der Waals surface area contributed by atoms with Crippen LogP contribution in [0.15, 0.2) is 30.4 Å². The number of carbonyl (C=O) groups is 2. The average Bonchev–Trinajstić information content (AvgIpc) is 3.52. The Balaban J connectivity index is 1.32. The van der Waals surface area contributed by atoms with E-state index >= 15 is 0 Å². The van der Waals surface area contributed by atoms with Crippen molar-refractivity contribution in [3.63, 3.8) is 0 Å². The molecule has 2 aliphatic rings. The van der Waals surface area contributed by atoms with Gasteiger partial charge in [-0.15, -0.1) is 0 Å². The zero-order valence-corrected chi connectivity index (χ0v) is 18.7. The predicted molar refractivity (Wildman–Crippen MR) is 118 cm³/mol. The summed E-state index contributed by atoms with van der Waals surface area (Å²) >= 11 is 0. The van der Waals surface area contributed by atoms with Crippen LogP contribution in [0.2, 0.25) is 0 Å². The van der Waals surface area contributed by atoms with Gasteiger partial charge in [-0.05, 0) is 83.0 Å². The standard InChI is InChI=1S/C24H34FN3O3/c1-17(19-11-12-20(25)21(15-19)31-16-18-9-10-18)26-13-7-5-4-6-8-14-28-23(30)27-22(29)24(28,2)3/h6,8,11-12,15,17-18,26H,4-5,7,9-10,13-14,16H2,1-3H3,(H,27,29,30)/b8-6+/t17-/m1/s1. The van der Waals surface area contributed by atoms with Crippen molar-refractivity contribution in [2.45, 2.75) is 64.5 Å². The highest BCUT2D eigenvalue weighted by atomic mass is 19.1. The number of urea groups is 1. The molecule has 31 heavy (non-hydrogen) atoms. The van der Waals surface area contributed by atoms with Gasteiger partial charge in [-0.1, -0.05) is 18.2 Å². The van der Waals surface area contributed by atoms with Gasteiger partial charge < -0.3 is 15.0 Å². The molecular weight excluding hydrogens is 397 g/mol. The molecule has 0 spiro atoms. The molecule has 1 aromatic rings. The number of allylic oxidation sites excluding steroid dienone is 1. The van der Waals surface area contributed by atoms with Crippen molar-refractivity contribution in [2.75, 3.05) is 19.7 Å². The summed E-state index contributed by atoms with van der Waals surface area (Å²) in [5, 5.41) is 5.83. The number of halogens is 1. The number of hydrogen-bond donors (Lipinski definition) is 2. The third kappa shape index (κ3) is 6.29.